The highest BCUT2D eigenvalue weighted by atomic mass is 31.2. The van der Waals surface area contributed by atoms with Gasteiger partial charge >= 0.3 is 7.60 Å². The van der Waals surface area contributed by atoms with Crippen molar-refractivity contribution in [2.24, 2.45) is 17.8 Å². The number of aliphatic hydroxyl groups is 3. The average Bonchev–Trinajstić information content (AvgIpc) is 3.95. The lowest BCUT2D eigenvalue weighted by atomic mass is 9.72. The number of amides is 3. The van der Waals surface area contributed by atoms with Crippen molar-refractivity contribution in [2.45, 2.75) is 134 Å². The number of hydrogen-bond donors (Lipinski definition) is 9. The predicted octanol–water partition coefficient (Wildman–Crippen LogP) is 2.27. The molecule has 77 heavy (non-hydrogen) atoms. The van der Waals surface area contributed by atoms with Gasteiger partial charge in [-0.2, -0.15) is 0 Å². The van der Waals surface area contributed by atoms with E-state index in [1.165, 1.54) is 44.1 Å². The van der Waals surface area contributed by atoms with Gasteiger partial charge in [-0.05, 0) is 57.1 Å². The van der Waals surface area contributed by atoms with Crippen molar-refractivity contribution in [3.63, 3.8) is 0 Å². The van der Waals surface area contributed by atoms with Gasteiger partial charge in [-0.25, -0.2) is 0 Å². The number of phenolic OH excluding ortho intramolecular Hbond substituents is 2. The van der Waals surface area contributed by atoms with Crippen molar-refractivity contribution < 1.29 is 92.5 Å². The van der Waals surface area contributed by atoms with E-state index in [1.54, 1.807) is 30.3 Å². The van der Waals surface area contributed by atoms with Gasteiger partial charge in [0.25, 0.3) is 0 Å². The van der Waals surface area contributed by atoms with Crippen LogP contribution in [0.3, 0.4) is 0 Å². The number of fused-ring (bicyclic) bond motifs is 3. The molecule has 3 aromatic carbocycles. The zero-order chi connectivity index (χ0) is 56.4. The van der Waals surface area contributed by atoms with Gasteiger partial charge in [0.15, 0.2) is 29.4 Å². The average molecular weight is 1090 g/mol. The Morgan fingerprint density at radius 1 is 0.922 bits per heavy atom. The molecule has 0 aromatic heterocycles. The standard InChI is InChI=1S/C54H66N3O19P/c1-26(2)17-31(20-36(59)27(3)55-41(62)25-77(71,72)73)53(69)57-16-10-14-35(57)37(60)19-30(18-29-11-7-6-8-12-29)52(68)56-34-21-42(75-28(4)47(34)63)76-39-23-54(70,40(61)24-58)22-33-44(39)51(67)46-45(49(33)65)48(64)32-13-9-15-38(74-5)43(32)50(46)66/h6-9,11-13,15,26-28,30-31,34-35,39,42,47,58,63,65,67,70H,10,14,16-25H2,1-5H3,(H,55,62)(H,56,68)(H2,71,72,73). The van der Waals surface area contributed by atoms with Crippen molar-refractivity contribution in [3.05, 3.63) is 87.5 Å². The summed E-state index contributed by atoms with van der Waals surface area (Å²) >= 11 is 0. The first-order valence-corrected chi connectivity index (χ1v) is 27.3. The topological polar surface area (TPSA) is 350 Å². The molecule has 2 aliphatic carbocycles. The SMILES string of the molecule is COc1cccc2c1C(=O)c1c(O)c3c(c(O)c1C2=O)CC(O)(C(=O)CO)CC3OC1CC(NC(=O)C(CC(=O)C2CCCN2C(=O)C(CC(=O)C(C)NC(=O)CP(=O)(O)O)CC(C)C)Cc2ccccc2)C(O)C(C)O1. The first-order chi connectivity index (χ1) is 36.3. The van der Waals surface area contributed by atoms with Crippen molar-refractivity contribution in [3.8, 4) is 17.2 Å². The van der Waals surface area contributed by atoms with E-state index in [-0.39, 0.29) is 79.0 Å². The van der Waals surface area contributed by atoms with Crippen molar-refractivity contribution in [1.29, 1.82) is 0 Å². The van der Waals surface area contributed by atoms with E-state index in [4.69, 9.17) is 14.2 Å². The Bertz CT molecular complexity index is 2870. The van der Waals surface area contributed by atoms with Gasteiger partial charge in [0, 0.05) is 67.2 Å². The highest BCUT2D eigenvalue weighted by Gasteiger charge is 2.51. The Balaban J connectivity index is 1.12. The van der Waals surface area contributed by atoms with E-state index >= 15 is 0 Å². The number of carbonyl (C=O) groups excluding carboxylic acids is 8. The minimum atomic E-state index is -4.71. The fourth-order valence-corrected chi connectivity index (χ4v) is 11.6. The summed E-state index contributed by atoms with van der Waals surface area (Å²) in [5.74, 6) is -9.63. The second-order valence-corrected chi connectivity index (χ2v) is 22.6. The van der Waals surface area contributed by atoms with Gasteiger partial charge in [-0.3, -0.25) is 42.9 Å². The number of rotatable bonds is 21. The van der Waals surface area contributed by atoms with Crippen LogP contribution in [0, 0.1) is 17.8 Å². The number of nitrogens with zero attached hydrogens (tertiary/aromatic N) is 1. The molecular weight excluding hydrogens is 1030 g/mol. The molecule has 0 bridgehead atoms. The molecule has 0 radical (unpaired) electrons. The minimum absolute atomic E-state index is 0.0142. The Hall–Kier alpha value is -6.23. The van der Waals surface area contributed by atoms with Crippen LogP contribution < -0.4 is 15.4 Å². The van der Waals surface area contributed by atoms with Crippen LogP contribution >= 0.6 is 7.60 Å². The first kappa shape index (κ1) is 58.5. The van der Waals surface area contributed by atoms with Crippen molar-refractivity contribution in [1.82, 2.24) is 15.5 Å². The van der Waals surface area contributed by atoms with Crippen LogP contribution in [-0.2, 0) is 55.6 Å². The summed E-state index contributed by atoms with van der Waals surface area (Å²) in [5, 5.41) is 62.2. The summed E-state index contributed by atoms with van der Waals surface area (Å²) < 4.78 is 29.1. The number of methoxy groups -OCH3 is 1. The van der Waals surface area contributed by atoms with Crippen LogP contribution in [0.4, 0.5) is 0 Å². The molecule has 9 N–H and O–H groups in total. The molecule has 2 heterocycles. The molecule has 4 aliphatic rings. The minimum Gasteiger partial charge on any atom is -0.507 e. The number of phenols is 2. The smallest absolute Gasteiger partial charge is 0.334 e. The van der Waals surface area contributed by atoms with Crippen LogP contribution in [-0.4, -0.2) is 156 Å². The summed E-state index contributed by atoms with van der Waals surface area (Å²) in [7, 11) is -3.43. The predicted molar refractivity (Wildman–Crippen MR) is 271 cm³/mol. The molecule has 2 aliphatic heterocycles. The molecule has 2 fully saturated rings. The number of aromatic hydroxyl groups is 2. The lowest BCUT2D eigenvalue weighted by molar-refractivity contribution is -0.249. The van der Waals surface area contributed by atoms with Gasteiger partial charge in [0.1, 0.15) is 41.7 Å². The number of aliphatic hydroxyl groups excluding tert-OH is 2. The van der Waals surface area contributed by atoms with Crippen LogP contribution in [0.15, 0.2) is 48.5 Å². The zero-order valence-electron chi connectivity index (χ0n) is 43.3. The number of likely N-dealkylation sites (tertiary alicyclic amines) is 1. The molecule has 0 spiro atoms. The fourth-order valence-electron chi connectivity index (χ4n) is 11.1. The van der Waals surface area contributed by atoms with Gasteiger partial charge < -0.3 is 65.1 Å². The van der Waals surface area contributed by atoms with E-state index < -0.39 is 163 Å². The van der Waals surface area contributed by atoms with E-state index in [2.05, 4.69) is 10.6 Å². The highest BCUT2D eigenvalue weighted by molar-refractivity contribution is 7.52. The Morgan fingerprint density at radius 2 is 1.61 bits per heavy atom. The molecule has 3 aromatic rings. The van der Waals surface area contributed by atoms with Crippen molar-refractivity contribution in [2.75, 3.05) is 26.4 Å². The van der Waals surface area contributed by atoms with Gasteiger partial charge in [-0.1, -0.05) is 56.3 Å². The summed E-state index contributed by atoms with van der Waals surface area (Å²) in [6.07, 6.45) is -7.95. The number of carbonyl (C=O) groups is 8. The maximum atomic E-state index is 14.6. The molecule has 416 valence electrons. The van der Waals surface area contributed by atoms with Crippen LogP contribution in [0.5, 0.6) is 17.2 Å². The number of ether oxygens (including phenoxy) is 3. The van der Waals surface area contributed by atoms with E-state index in [0.717, 1.165) is 0 Å². The summed E-state index contributed by atoms with van der Waals surface area (Å²) in [6, 6.07) is 9.76. The van der Waals surface area contributed by atoms with Crippen LogP contribution in [0.25, 0.3) is 0 Å². The Labute approximate surface area is 443 Å². The Morgan fingerprint density at radius 3 is 2.26 bits per heavy atom. The molecule has 3 amide bonds. The molecular formula is C54H66N3O19P. The Kier molecular flexibility index (Phi) is 18.1. The lowest BCUT2D eigenvalue weighted by Crippen LogP contribution is -2.57. The van der Waals surface area contributed by atoms with Gasteiger partial charge in [0.2, 0.25) is 23.5 Å². The zero-order valence-corrected chi connectivity index (χ0v) is 44.2. The molecule has 10 unspecified atom stereocenters. The van der Waals surface area contributed by atoms with Gasteiger partial charge in [-0.15, -0.1) is 0 Å². The second-order valence-electron chi connectivity index (χ2n) is 21.0. The maximum Gasteiger partial charge on any atom is 0.334 e. The molecule has 22 nitrogen and oxygen atoms in total. The lowest BCUT2D eigenvalue weighted by Gasteiger charge is -2.43. The molecule has 7 rings (SSSR count). The first-order valence-electron chi connectivity index (χ1n) is 25.5. The van der Waals surface area contributed by atoms with E-state index in [0.29, 0.717) is 12.0 Å². The summed E-state index contributed by atoms with van der Waals surface area (Å²) in [4.78, 5) is 130. The highest BCUT2D eigenvalue weighted by Crippen LogP contribution is 2.53. The fraction of sp³-hybridized carbons (Fsp3) is 0.519. The quantitative estimate of drug-likeness (QED) is 0.0427. The number of benzene rings is 3. The van der Waals surface area contributed by atoms with Gasteiger partial charge in [0.05, 0.1) is 54.1 Å². The number of hydrogen-bond acceptors (Lipinski definition) is 17. The third kappa shape index (κ3) is 12.7. The summed E-state index contributed by atoms with van der Waals surface area (Å²) in [6.45, 7) is 5.57. The van der Waals surface area contributed by atoms with Crippen LogP contribution in [0.2, 0.25) is 0 Å². The summed E-state index contributed by atoms with van der Waals surface area (Å²) in [5.41, 5.74) is -3.82. The molecule has 2 saturated heterocycles. The number of nitrogens with one attached hydrogen (secondary N) is 2. The monoisotopic (exact) mass is 1090 g/mol. The largest absolute Gasteiger partial charge is 0.507 e. The molecule has 10 atom stereocenters. The van der Waals surface area contributed by atoms with Crippen molar-refractivity contribution >= 4 is 54.2 Å². The molecule has 23 heteroatoms. The number of Topliss-reactive ketones (excluding diaryl/α,β-unsaturated/α-hetero) is 3. The number of ketones is 5. The third-order valence-electron chi connectivity index (χ3n) is 14.9. The van der Waals surface area contributed by atoms with E-state index in [1.807, 2.05) is 13.8 Å². The maximum absolute atomic E-state index is 14.6. The second kappa shape index (κ2) is 23.8. The third-order valence-corrected chi connectivity index (χ3v) is 15.6. The molecule has 0 saturated carbocycles. The normalized spacial score (nSPS) is 24.2. The van der Waals surface area contributed by atoms with E-state index in [9.17, 15) is 78.2 Å². The van der Waals surface area contributed by atoms with Crippen LogP contribution in [0.1, 0.15) is 127 Å².